The van der Waals surface area contributed by atoms with Crippen LogP contribution in [0.15, 0.2) is 54.6 Å². The van der Waals surface area contributed by atoms with E-state index in [-0.39, 0.29) is 18.4 Å². The zero-order valence-corrected chi connectivity index (χ0v) is 27.8. The largest absolute Gasteiger partial charge is 0.460 e. The van der Waals surface area contributed by atoms with Crippen molar-refractivity contribution in [3.63, 3.8) is 0 Å². The van der Waals surface area contributed by atoms with Crippen LogP contribution in [-0.4, -0.2) is 41.8 Å². The molecule has 1 aliphatic rings. The predicted octanol–water partition coefficient (Wildman–Crippen LogP) is 9.66. The molecule has 43 heavy (non-hydrogen) atoms. The van der Waals surface area contributed by atoms with Crippen molar-refractivity contribution in [3.05, 3.63) is 60.2 Å². The zero-order chi connectivity index (χ0) is 31.2. The van der Waals surface area contributed by atoms with Crippen LogP contribution < -0.4 is 0 Å². The van der Waals surface area contributed by atoms with Gasteiger partial charge in [-0.15, -0.1) is 0 Å². The molecular formula is C38H62O5. The summed E-state index contributed by atoms with van der Waals surface area (Å²) < 4.78 is 18.0. The van der Waals surface area contributed by atoms with Gasteiger partial charge in [0.2, 0.25) is 0 Å². The molecule has 5 heteroatoms. The lowest BCUT2D eigenvalue weighted by atomic mass is 9.89. The lowest BCUT2D eigenvalue weighted by molar-refractivity contribution is -0.196. The van der Waals surface area contributed by atoms with Crippen molar-refractivity contribution >= 4 is 5.97 Å². The summed E-state index contributed by atoms with van der Waals surface area (Å²) >= 11 is 0. The Morgan fingerprint density at radius 1 is 0.953 bits per heavy atom. The van der Waals surface area contributed by atoms with E-state index in [0.717, 1.165) is 63.5 Å². The quantitative estimate of drug-likeness (QED) is 0.0818. The topological polar surface area (TPSA) is 65.0 Å². The third-order valence-electron chi connectivity index (χ3n) is 7.94. The van der Waals surface area contributed by atoms with Crippen molar-refractivity contribution in [1.82, 2.24) is 0 Å². The molecule has 0 radical (unpaired) electrons. The number of hydrogen-bond donors (Lipinski definition) is 1. The van der Waals surface area contributed by atoms with Gasteiger partial charge in [-0.3, -0.25) is 4.79 Å². The number of aliphatic hydroxyl groups excluding tert-OH is 1. The molecule has 0 aliphatic carbocycles. The fraction of sp³-hybridized carbons (Fsp3) is 0.711. The van der Waals surface area contributed by atoms with Crippen molar-refractivity contribution in [1.29, 1.82) is 0 Å². The van der Waals surface area contributed by atoms with E-state index in [1.165, 1.54) is 44.9 Å². The van der Waals surface area contributed by atoms with Gasteiger partial charge in [0.25, 0.3) is 0 Å². The molecule has 4 unspecified atom stereocenters. The van der Waals surface area contributed by atoms with Gasteiger partial charge in [0.1, 0.15) is 5.60 Å². The SMILES string of the molecule is CCCCCC=CCC=CCCCCCCCC(CC(O)C(Cc1ccccc1)C(=O)OC(C)(C)C)OC1CCCCO1. The first-order chi connectivity index (χ1) is 20.8. The van der Waals surface area contributed by atoms with Crippen LogP contribution in [0.2, 0.25) is 0 Å². The van der Waals surface area contributed by atoms with Crippen LogP contribution in [0, 0.1) is 5.92 Å². The van der Waals surface area contributed by atoms with Gasteiger partial charge < -0.3 is 19.3 Å². The van der Waals surface area contributed by atoms with E-state index < -0.39 is 17.6 Å². The second kappa shape index (κ2) is 22.5. The Morgan fingerprint density at radius 3 is 2.28 bits per heavy atom. The summed E-state index contributed by atoms with van der Waals surface area (Å²) in [6, 6.07) is 9.88. The predicted molar refractivity (Wildman–Crippen MR) is 178 cm³/mol. The molecule has 0 bridgehead atoms. The number of unbranched alkanes of at least 4 members (excludes halogenated alkanes) is 8. The Bertz CT molecular complexity index is 881. The molecule has 2 rings (SSSR count). The highest BCUT2D eigenvalue weighted by Gasteiger charge is 2.34. The minimum Gasteiger partial charge on any atom is -0.460 e. The van der Waals surface area contributed by atoms with Gasteiger partial charge in [-0.2, -0.15) is 0 Å². The third-order valence-corrected chi connectivity index (χ3v) is 7.94. The number of esters is 1. The molecule has 1 aromatic rings. The molecule has 0 amide bonds. The highest BCUT2D eigenvalue weighted by atomic mass is 16.7. The fourth-order valence-corrected chi connectivity index (χ4v) is 5.51. The molecule has 1 fully saturated rings. The van der Waals surface area contributed by atoms with E-state index >= 15 is 0 Å². The number of carbonyl (C=O) groups excluding carboxylic acids is 1. The smallest absolute Gasteiger partial charge is 0.312 e. The Balaban J connectivity index is 1.82. The van der Waals surface area contributed by atoms with E-state index in [1.54, 1.807) is 0 Å². The molecule has 5 nitrogen and oxygen atoms in total. The summed E-state index contributed by atoms with van der Waals surface area (Å²) in [5.41, 5.74) is 0.400. The monoisotopic (exact) mass is 598 g/mol. The van der Waals surface area contributed by atoms with E-state index in [9.17, 15) is 9.90 Å². The number of ether oxygens (including phenoxy) is 3. The lowest BCUT2D eigenvalue weighted by Gasteiger charge is -2.31. The van der Waals surface area contributed by atoms with Crippen molar-refractivity contribution < 1.29 is 24.1 Å². The maximum Gasteiger partial charge on any atom is 0.312 e. The Kier molecular flexibility index (Phi) is 19.5. The maximum absolute atomic E-state index is 13.2. The van der Waals surface area contributed by atoms with Crippen LogP contribution >= 0.6 is 0 Å². The normalized spacial score (nSPS) is 18.2. The molecule has 0 aromatic heterocycles. The molecule has 1 saturated heterocycles. The molecule has 1 N–H and O–H groups in total. The van der Waals surface area contributed by atoms with Gasteiger partial charge in [0, 0.05) is 13.0 Å². The van der Waals surface area contributed by atoms with Crippen LogP contribution in [-0.2, 0) is 25.4 Å². The second-order valence-corrected chi connectivity index (χ2v) is 13.2. The summed E-state index contributed by atoms with van der Waals surface area (Å²) in [4.78, 5) is 13.2. The first-order valence-electron chi connectivity index (χ1n) is 17.3. The molecular weight excluding hydrogens is 536 g/mol. The fourth-order valence-electron chi connectivity index (χ4n) is 5.51. The van der Waals surface area contributed by atoms with E-state index in [1.807, 2.05) is 51.1 Å². The van der Waals surface area contributed by atoms with Crippen molar-refractivity contribution in [3.8, 4) is 0 Å². The van der Waals surface area contributed by atoms with Crippen molar-refractivity contribution in [2.24, 2.45) is 5.92 Å². The van der Waals surface area contributed by atoms with Crippen LogP contribution in [0.5, 0.6) is 0 Å². The molecule has 0 saturated carbocycles. The van der Waals surface area contributed by atoms with Gasteiger partial charge >= 0.3 is 5.97 Å². The molecule has 4 atom stereocenters. The van der Waals surface area contributed by atoms with Crippen LogP contribution in [0.1, 0.15) is 136 Å². The van der Waals surface area contributed by atoms with Gasteiger partial charge in [0.15, 0.2) is 6.29 Å². The lowest BCUT2D eigenvalue weighted by Crippen LogP contribution is -2.39. The van der Waals surface area contributed by atoms with Crippen LogP contribution in [0.4, 0.5) is 0 Å². The van der Waals surface area contributed by atoms with Gasteiger partial charge in [-0.1, -0.05) is 100 Å². The van der Waals surface area contributed by atoms with Gasteiger partial charge in [-0.05, 0) is 90.5 Å². The summed E-state index contributed by atoms with van der Waals surface area (Å²) in [6.45, 7) is 8.57. The number of benzene rings is 1. The minimum absolute atomic E-state index is 0.156. The number of rotatable bonds is 22. The molecule has 244 valence electrons. The highest BCUT2D eigenvalue weighted by Crippen LogP contribution is 2.26. The summed E-state index contributed by atoms with van der Waals surface area (Å²) in [7, 11) is 0. The van der Waals surface area contributed by atoms with Crippen molar-refractivity contribution in [2.45, 2.75) is 161 Å². The van der Waals surface area contributed by atoms with E-state index in [0.29, 0.717) is 12.8 Å². The molecule has 1 aliphatic heterocycles. The number of carbonyl (C=O) groups is 1. The van der Waals surface area contributed by atoms with Crippen molar-refractivity contribution in [2.75, 3.05) is 6.61 Å². The van der Waals surface area contributed by atoms with Crippen LogP contribution in [0.3, 0.4) is 0 Å². The van der Waals surface area contributed by atoms with Gasteiger partial charge in [0.05, 0.1) is 18.1 Å². The van der Waals surface area contributed by atoms with E-state index in [2.05, 4.69) is 31.2 Å². The standard InChI is InChI=1S/C38H62O5/c1-5-6-7-8-9-10-11-12-13-14-15-16-17-18-22-27-33(42-36-28-23-24-29-41-36)31-35(39)34(37(40)43-38(2,3)4)30-32-25-20-19-21-26-32/h9-10,12-13,19-21,25-26,33-36,39H,5-8,11,14-18,22-24,27-31H2,1-4H3. The van der Waals surface area contributed by atoms with Crippen LogP contribution in [0.25, 0.3) is 0 Å². The average Bonchev–Trinajstić information content (AvgIpc) is 2.98. The number of aliphatic hydroxyl groups is 1. The Morgan fingerprint density at radius 2 is 1.63 bits per heavy atom. The first kappa shape index (κ1) is 37.2. The number of allylic oxidation sites excluding steroid dienone is 4. The first-order valence-corrected chi connectivity index (χ1v) is 17.3. The molecule has 1 aromatic carbocycles. The summed E-state index contributed by atoms with van der Waals surface area (Å²) in [5.74, 6) is -1.00. The summed E-state index contributed by atoms with van der Waals surface area (Å²) in [6.07, 6.45) is 25.9. The highest BCUT2D eigenvalue weighted by molar-refractivity contribution is 5.74. The third kappa shape index (κ3) is 18.5. The average molecular weight is 599 g/mol. The maximum atomic E-state index is 13.2. The molecule has 1 heterocycles. The molecule has 0 spiro atoms. The Labute approximate surface area is 263 Å². The van der Waals surface area contributed by atoms with Gasteiger partial charge in [-0.25, -0.2) is 0 Å². The number of hydrogen-bond acceptors (Lipinski definition) is 5. The second-order valence-electron chi connectivity index (χ2n) is 13.2. The van der Waals surface area contributed by atoms with E-state index in [4.69, 9.17) is 14.2 Å². The minimum atomic E-state index is -0.860. The zero-order valence-electron chi connectivity index (χ0n) is 27.8. The Hall–Kier alpha value is -1.95. The summed E-state index contributed by atoms with van der Waals surface area (Å²) in [5, 5.41) is 11.4.